The molecule has 1 amide bonds. The summed E-state index contributed by atoms with van der Waals surface area (Å²) in [6, 6.07) is 12.8. The molecule has 0 heterocycles. The summed E-state index contributed by atoms with van der Waals surface area (Å²) in [5.74, 6) is 0.338. The van der Waals surface area contributed by atoms with Crippen molar-refractivity contribution in [1.82, 2.24) is 5.32 Å². The standard InChI is InChI=1S/C20H26N2O5S/c1-5-15(2)21-20(23)14-22(16-9-7-6-8-10-16)28(24,25)17-11-12-18(26-3)19(13-17)27-4/h6-13,15H,5,14H2,1-4H3,(H,21,23)/t15-/m0/s1. The van der Waals surface area contributed by atoms with Crippen LogP contribution in [-0.2, 0) is 14.8 Å². The summed E-state index contributed by atoms with van der Waals surface area (Å²) in [5.41, 5.74) is 0.400. The molecule has 152 valence electrons. The lowest BCUT2D eigenvalue weighted by Gasteiger charge is -2.25. The van der Waals surface area contributed by atoms with Crippen molar-refractivity contribution in [3.8, 4) is 11.5 Å². The lowest BCUT2D eigenvalue weighted by atomic mass is 10.2. The van der Waals surface area contributed by atoms with E-state index < -0.39 is 10.0 Å². The number of ether oxygens (including phenoxy) is 2. The van der Waals surface area contributed by atoms with Crippen molar-refractivity contribution in [3.05, 3.63) is 48.5 Å². The number of methoxy groups -OCH3 is 2. The average molecular weight is 407 g/mol. The van der Waals surface area contributed by atoms with Crippen molar-refractivity contribution in [1.29, 1.82) is 0 Å². The fourth-order valence-electron chi connectivity index (χ4n) is 2.57. The van der Waals surface area contributed by atoms with Crippen LogP contribution in [0.1, 0.15) is 20.3 Å². The van der Waals surface area contributed by atoms with Gasteiger partial charge < -0.3 is 14.8 Å². The third kappa shape index (κ3) is 4.95. The van der Waals surface area contributed by atoms with E-state index in [1.165, 1.54) is 32.4 Å². The highest BCUT2D eigenvalue weighted by molar-refractivity contribution is 7.92. The van der Waals surface area contributed by atoms with Gasteiger partial charge in [-0.1, -0.05) is 25.1 Å². The first-order valence-electron chi connectivity index (χ1n) is 8.92. The van der Waals surface area contributed by atoms with E-state index in [2.05, 4.69) is 5.32 Å². The predicted octanol–water partition coefficient (Wildman–Crippen LogP) is 2.81. The van der Waals surface area contributed by atoms with Crippen LogP contribution < -0.4 is 19.1 Å². The molecule has 0 radical (unpaired) electrons. The number of anilines is 1. The molecule has 1 atom stereocenters. The molecule has 2 aromatic carbocycles. The summed E-state index contributed by atoms with van der Waals surface area (Å²) in [7, 11) is -1.11. The van der Waals surface area contributed by atoms with E-state index in [-0.39, 0.29) is 23.4 Å². The minimum Gasteiger partial charge on any atom is -0.493 e. The number of para-hydroxylation sites is 1. The van der Waals surface area contributed by atoms with Gasteiger partial charge in [0.15, 0.2) is 11.5 Å². The van der Waals surface area contributed by atoms with Gasteiger partial charge in [0.1, 0.15) is 6.54 Å². The quantitative estimate of drug-likeness (QED) is 0.692. The zero-order chi connectivity index (χ0) is 20.7. The van der Waals surface area contributed by atoms with E-state index in [4.69, 9.17) is 9.47 Å². The van der Waals surface area contributed by atoms with Crippen LogP contribution in [0, 0.1) is 0 Å². The van der Waals surface area contributed by atoms with Crippen LogP contribution in [-0.4, -0.2) is 41.1 Å². The van der Waals surface area contributed by atoms with Crippen LogP contribution in [0.3, 0.4) is 0 Å². The van der Waals surface area contributed by atoms with Gasteiger partial charge in [0, 0.05) is 12.1 Å². The van der Waals surface area contributed by atoms with E-state index in [1.807, 2.05) is 13.8 Å². The Balaban J connectivity index is 2.45. The number of carbonyl (C=O) groups is 1. The third-order valence-corrected chi connectivity index (χ3v) is 6.06. The zero-order valence-corrected chi connectivity index (χ0v) is 17.3. The Morgan fingerprint density at radius 3 is 2.29 bits per heavy atom. The molecular formula is C20H26N2O5S. The van der Waals surface area contributed by atoms with Crippen molar-refractivity contribution in [2.45, 2.75) is 31.2 Å². The molecule has 0 saturated heterocycles. The van der Waals surface area contributed by atoms with Crippen molar-refractivity contribution < 1.29 is 22.7 Å². The van der Waals surface area contributed by atoms with Gasteiger partial charge in [0.05, 0.1) is 24.8 Å². The molecule has 2 rings (SSSR count). The zero-order valence-electron chi connectivity index (χ0n) is 16.5. The van der Waals surface area contributed by atoms with Gasteiger partial charge >= 0.3 is 0 Å². The molecule has 0 unspecified atom stereocenters. The Bertz CT molecular complexity index is 900. The maximum atomic E-state index is 13.3. The fourth-order valence-corrected chi connectivity index (χ4v) is 4.00. The van der Waals surface area contributed by atoms with Crippen molar-refractivity contribution in [3.63, 3.8) is 0 Å². The highest BCUT2D eigenvalue weighted by atomic mass is 32.2. The largest absolute Gasteiger partial charge is 0.493 e. The summed E-state index contributed by atoms with van der Waals surface area (Å²) in [5, 5.41) is 2.80. The molecular weight excluding hydrogens is 380 g/mol. The van der Waals surface area contributed by atoms with Crippen LogP contribution in [0.5, 0.6) is 11.5 Å². The molecule has 8 heteroatoms. The minimum atomic E-state index is -4.01. The Morgan fingerprint density at radius 1 is 1.07 bits per heavy atom. The topological polar surface area (TPSA) is 84.9 Å². The lowest BCUT2D eigenvalue weighted by Crippen LogP contribution is -2.43. The normalized spacial score (nSPS) is 12.1. The van der Waals surface area contributed by atoms with Gasteiger partial charge in [-0.15, -0.1) is 0 Å². The monoisotopic (exact) mass is 406 g/mol. The molecule has 1 N–H and O–H groups in total. The number of hydrogen-bond donors (Lipinski definition) is 1. The van der Waals surface area contributed by atoms with Crippen LogP contribution >= 0.6 is 0 Å². The van der Waals surface area contributed by atoms with Crippen LogP contribution in [0.4, 0.5) is 5.69 Å². The summed E-state index contributed by atoms with van der Waals surface area (Å²) in [4.78, 5) is 12.4. The molecule has 2 aromatic rings. The first-order valence-corrected chi connectivity index (χ1v) is 10.4. The minimum absolute atomic E-state index is 0.00495. The molecule has 0 saturated carbocycles. The maximum Gasteiger partial charge on any atom is 0.264 e. The van der Waals surface area contributed by atoms with Gasteiger partial charge in [-0.3, -0.25) is 9.10 Å². The average Bonchev–Trinajstić information content (AvgIpc) is 2.71. The second kappa shape index (κ2) is 9.45. The molecule has 0 aliphatic heterocycles. The molecule has 0 aliphatic rings. The highest BCUT2D eigenvalue weighted by Crippen LogP contribution is 2.32. The van der Waals surface area contributed by atoms with Gasteiger partial charge in [0.2, 0.25) is 5.91 Å². The summed E-state index contributed by atoms with van der Waals surface area (Å²) >= 11 is 0. The van der Waals surface area contributed by atoms with Crippen molar-refractivity contribution in [2.75, 3.05) is 25.1 Å². The fraction of sp³-hybridized carbons (Fsp3) is 0.350. The number of sulfonamides is 1. The summed E-state index contributed by atoms with van der Waals surface area (Å²) in [6.07, 6.45) is 0.750. The predicted molar refractivity (Wildman–Crippen MR) is 108 cm³/mol. The van der Waals surface area contributed by atoms with Gasteiger partial charge in [0.25, 0.3) is 10.0 Å². The van der Waals surface area contributed by atoms with Crippen LogP contribution in [0.15, 0.2) is 53.4 Å². The SMILES string of the molecule is CC[C@H](C)NC(=O)CN(c1ccccc1)S(=O)(=O)c1ccc(OC)c(OC)c1. The smallest absolute Gasteiger partial charge is 0.264 e. The Kier molecular flexibility index (Phi) is 7.28. The second-order valence-corrected chi connectivity index (χ2v) is 8.10. The summed E-state index contributed by atoms with van der Waals surface area (Å²) in [6.45, 7) is 3.49. The molecule has 0 aromatic heterocycles. The first-order chi connectivity index (χ1) is 13.3. The number of benzene rings is 2. The van der Waals surface area contributed by atoms with E-state index in [0.29, 0.717) is 17.2 Å². The van der Waals surface area contributed by atoms with E-state index in [9.17, 15) is 13.2 Å². The lowest BCUT2D eigenvalue weighted by molar-refractivity contribution is -0.120. The number of rotatable bonds is 9. The molecule has 0 spiro atoms. The van der Waals surface area contributed by atoms with E-state index in [1.54, 1.807) is 30.3 Å². The number of nitrogens with zero attached hydrogens (tertiary/aromatic N) is 1. The second-order valence-electron chi connectivity index (χ2n) is 6.24. The van der Waals surface area contributed by atoms with Crippen molar-refractivity contribution >= 4 is 21.6 Å². The Morgan fingerprint density at radius 2 is 1.71 bits per heavy atom. The highest BCUT2D eigenvalue weighted by Gasteiger charge is 2.28. The molecule has 0 aliphatic carbocycles. The number of nitrogens with one attached hydrogen (secondary N) is 1. The first kappa shape index (κ1) is 21.6. The van der Waals surface area contributed by atoms with Gasteiger partial charge in [-0.2, -0.15) is 0 Å². The number of hydrogen-bond acceptors (Lipinski definition) is 5. The number of amides is 1. The third-order valence-electron chi connectivity index (χ3n) is 4.29. The Hall–Kier alpha value is -2.74. The van der Waals surface area contributed by atoms with Crippen LogP contribution in [0.25, 0.3) is 0 Å². The molecule has 28 heavy (non-hydrogen) atoms. The molecule has 7 nitrogen and oxygen atoms in total. The molecule has 0 bridgehead atoms. The van der Waals surface area contributed by atoms with E-state index in [0.717, 1.165) is 10.7 Å². The van der Waals surface area contributed by atoms with Crippen LogP contribution in [0.2, 0.25) is 0 Å². The number of carbonyl (C=O) groups excluding carboxylic acids is 1. The van der Waals surface area contributed by atoms with Gasteiger partial charge in [-0.05, 0) is 37.6 Å². The molecule has 0 fully saturated rings. The maximum absolute atomic E-state index is 13.3. The summed E-state index contributed by atoms with van der Waals surface area (Å²) < 4.78 is 38.2. The van der Waals surface area contributed by atoms with E-state index >= 15 is 0 Å². The Labute approximate surface area is 166 Å². The van der Waals surface area contributed by atoms with Gasteiger partial charge in [-0.25, -0.2) is 8.42 Å². The van der Waals surface area contributed by atoms with Crippen molar-refractivity contribution in [2.24, 2.45) is 0 Å².